The lowest BCUT2D eigenvalue weighted by molar-refractivity contribution is -0.143. The van der Waals surface area contributed by atoms with Crippen molar-refractivity contribution in [2.45, 2.75) is 90.5 Å². The predicted molar refractivity (Wildman–Crippen MR) is 143 cm³/mol. The number of anilines is 1. The second-order valence-corrected chi connectivity index (χ2v) is 11.3. The number of benzene rings is 1. The predicted octanol–water partition coefficient (Wildman–Crippen LogP) is 7.86. The molecule has 1 saturated carbocycles. The summed E-state index contributed by atoms with van der Waals surface area (Å²) in [5.41, 5.74) is -1.35. The standard InChI is InChI=1S/C29H31F6N5O3/c1-14-7-5-6-8-21(14)38-26-23(37-22(12-36-26)24-15(2)39-43-17(24)4)13-40-16(3)25(42-27(40)41)18-9-19(28(30,31)32)11-20(10-18)29(33,34)35/h9-12,14,16,21,25H,5-8,13H2,1-4H3,(H,36,38)/t14?,16-,21?,25-/m0/s1. The minimum atomic E-state index is -5.04. The summed E-state index contributed by atoms with van der Waals surface area (Å²) < 4.78 is 91.8. The monoisotopic (exact) mass is 611 g/mol. The summed E-state index contributed by atoms with van der Waals surface area (Å²) in [6.45, 7) is 6.95. The Morgan fingerprint density at radius 1 is 1.00 bits per heavy atom. The molecule has 0 radical (unpaired) electrons. The number of ether oxygens (including phenoxy) is 1. The first-order chi connectivity index (χ1) is 20.1. The van der Waals surface area contributed by atoms with Crippen LogP contribution in [-0.2, 0) is 23.6 Å². The van der Waals surface area contributed by atoms with Crippen molar-refractivity contribution < 1.29 is 40.4 Å². The van der Waals surface area contributed by atoms with Crippen LogP contribution in [0.15, 0.2) is 28.9 Å². The number of aryl methyl sites for hydroxylation is 2. The van der Waals surface area contributed by atoms with Crippen molar-refractivity contribution in [3.63, 3.8) is 0 Å². The molecule has 232 valence electrons. The fourth-order valence-electron chi connectivity index (χ4n) is 5.80. The van der Waals surface area contributed by atoms with E-state index in [1.165, 1.54) is 11.8 Å². The maximum atomic E-state index is 13.5. The summed E-state index contributed by atoms with van der Waals surface area (Å²) in [6.07, 6.45) is -6.68. The third kappa shape index (κ3) is 6.28. The van der Waals surface area contributed by atoms with Crippen LogP contribution in [0, 0.1) is 19.8 Å². The number of carbonyl (C=O) groups is 1. The summed E-state index contributed by atoms with van der Waals surface area (Å²) >= 11 is 0. The summed E-state index contributed by atoms with van der Waals surface area (Å²) in [4.78, 5) is 23.7. The van der Waals surface area contributed by atoms with Gasteiger partial charge in [0.25, 0.3) is 0 Å². The van der Waals surface area contributed by atoms with Crippen LogP contribution in [0.3, 0.4) is 0 Å². The van der Waals surface area contributed by atoms with E-state index in [-0.39, 0.29) is 18.7 Å². The molecular weight excluding hydrogens is 580 g/mol. The van der Waals surface area contributed by atoms with Crippen molar-refractivity contribution in [1.82, 2.24) is 20.0 Å². The molecule has 2 aliphatic rings. The number of halogens is 6. The van der Waals surface area contributed by atoms with E-state index in [1.54, 1.807) is 20.0 Å². The third-order valence-electron chi connectivity index (χ3n) is 8.22. The number of nitrogens with one attached hydrogen (secondary N) is 1. The van der Waals surface area contributed by atoms with Gasteiger partial charge in [-0.15, -0.1) is 0 Å². The number of amides is 1. The van der Waals surface area contributed by atoms with Crippen LogP contribution in [-0.4, -0.2) is 38.2 Å². The van der Waals surface area contributed by atoms with Crippen LogP contribution < -0.4 is 5.32 Å². The lowest BCUT2D eigenvalue weighted by Crippen LogP contribution is -2.34. The molecule has 2 aromatic heterocycles. The topological polar surface area (TPSA) is 93.4 Å². The highest BCUT2D eigenvalue weighted by molar-refractivity contribution is 5.72. The average Bonchev–Trinajstić information content (AvgIpc) is 3.42. The van der Waals surface area contributed by atoms with Crippen LogP contribution >= 0.6 is 0 Å². The van der Waals surface area contributed by atoms with Crippen LogP contribution in [0.25, 0.3) is 11.3 Å². The molecule has 1 aromatic carbocycles. The second-order valence-electron chi connectivity index (χ2n) is 11.3. The van der Waals surface area contributed by atoms with Gasteiger partial charge in [0.2, 0.25) is 0 Å². The number of alkyl halides is 6. The molecule has 0 spiro atoms. The van der Waals surface area contributed by atoms with E-state index in [2.05, 4.69) is 22.4 Å². The SMILES string of the molecule is Cc1noc(C)c1-c1cnc(NC2CCCCC2C)c(CN2C(=O)O[C@H](c3cc(C(F)(F)F)cc(C(F)(F)F)c3)[C@@H]2C)n1. The smallest absolute Gasteiger partial charge is 0.416 e. The van der Waals surface area contributed by atoms with E-state index in [0.717, 1.165) is 25.7 Å². The molecule has 3 aromatic rings. The van der Waals surface area contributed by atoms with Gasteiger partial charge in [0.15, 0.2) is 0 Å². The van der Waals surface area contributed by atoms with Crippen molar-refractivity contribution >= 4 is 11.9 Å². The number of hydrogen-bond donors (Lipinski definition) is 1. The van der Waals surface area contributed by atoms with Crippen LogP contribution in [0.4, 0.5) is 37.0 Å². The Kier molecular flexibility index (Phi) is 8.07. The van der Waals surface area contributed by atoms with Crippen molar-refractivity contribution in [1.29, 1.82) is 0 Å². The van der Waals surface area contributed by atoms with Gasteiger partial charge < -0.3 is 14.6 Å². The molecular formula is C29H31F6N5O3. The van der Waals surface area contributed by atoms with Crippen molar-refractivity contribution in [3.05, 3.63) is 58.2 Å². The normalized spacial score (nSPS) is 23.0. The van der Waals surface area contributed by atoms with Crippen molar-refractivity contribution in [3.8, 4) is 11.3 Å². The highest BCUT2D eigenvalue weighted by atomic mass is 19.4. The molecule has 1 aliphatic heterocycles. The summed E-state index contributed by atoms with van der Waals surface area (Å²) in [5, 5.41) is 7.42. The Morgan fingerprint density at radius 3 is 2.23 bits per heavy atom. The van der Waals surface area contributed by atoms with Gasteiger partial charge in [-0.05, 0) is 63.3 Å². The Morgan fingerprint density at radius 2 is 1.65 bits per heavy atom. The maximum absolute atomic E-state index is 13.5. The second kappa shape index (κ2) is 11.3. The number of aromatic nitrogens is 3. The van der Waals surface area contributed by atoms with E-state index in [9.17, 15) is 31.1 Å². The van der Waals surface area contributed by atoms with E-state index in [0.29, 0.717) is 52.3 Å². The first-order valence-electron chi connectivity index (χ1n) is 14.0. The fraction of sp³-hybridized carbons (Fsp3) is 0.517. The van der Waals surface area contributed by atoms with E-state index < -0.39 is 47.3 Å². The Balaban J connectivity index is 1.50. The Bertz CT molecular complexity index is 1450. The molecule has 14 heteroatoms. The first-order valence-corrected chi connectivity index (χ1v) is 14.0. The lowest BCUT2D eigenvalue weighted by Gasteiger charge is -2.31. The zero-order chi connectivity index (χ0) is 31.3. The van der Waals surface area contributed by atoms with Gasteiger partial charge in [0.05, 0.1) is 46.9 Å². The van der Waals surface area contributed by atoms with Crippen LogP contribution in [0.2, 0.25) is 0 Å². The fourth-order valence-corrected chi connectivity index (χ4v) is 5.80. The largest absolute Gasteiger partial charge is 0.439 e. The quantitative estimate of drug-likeness (QED) is 0.284. The van der Waals surface area contributed by atoms with E-state index >= 15 is 0 Å². The minimum Gasteiger partial charge on any atom is -0.439 e. The molecule has 43 heavy (non-hydrogen) atoms. The number of cyclic esters (lactones) is 1. The molecule has 2 unspecified atom stereocenters. The highest BCUT2D eigenvalue weighted by Gasteiger charge is 2.43. The zero-order valence-corrected chi connectivity index (χ0v) is 23.9. The van der Waals surface area contributed by atoms with Crippen LogP contribution in [0.1, 0.15) is 79.5 Å². The number of hydrogen-bond acceptors (Lipinski definition) is 7. The molecule has 1 aliphatic carbocycles. The van der Waals surface area contributed by atoms with Crippen LogP contribution in [0.5, 0.6) is 0 Å². The van der Waals surface area contributed by atoms with E-state index in [1.807, 2.05) is 0 Å². The minimum absolute atomic E-state index is 0.0443. The van der Waals surface area contributed by atoms with Gasteiger partial charge >= 0.3 is 18.4 Å². The highest BCUT2D eigenvalue weighted by Crippen LogP contribution is 2.41. The molecule has 8 nitrogen and oxygen atoms in total. The lowest BCUT2D eigenvalue weighted by atomic mass is 9.86. The van der Waals surface area contributed by atoms with Crippen molar-refractivity contribution in [2.24, 2.45) is 5.92 Å². The van der Waals surface area contributed by atoms with Gasteiger partial charge in [-0.1, -0.05) is 24.9 Å². The third-order valence-corrected chi connectivity index (χ3v) is 8.22. The van der Waals surface area contributed by atoms with Gasteiger partial charge in [0.1, 0.15) is 23.4 Å². The van der Waals surface area contributed by atoms with Gasteiger partial charge in [-0.2, -0.15) is 26.3 Å². The van der Waals surface area contributed by atoms with Crippen molar-refractivity contribution in [2.75, 3.05) is 5.32 Å². The number of nitrogens with zero attached hydrogens (tertiary/aromatic N) is 4. The van der Waals surface area contributed by atoms with Gasteiger partial charge in [-0.25, -0.2) is 14.8 Å². The maximum Gasteiger partial charge on any atom is 0.416 e. The van der Waals surface area contributed by atoms with Gasteiger partial charge in [0, 0.05) is 6.04 Å². The molecule has 0 bridgehead atoms. The Hall–Kier alpha value is -3.84. The van der Waals surface area contributed by atoms with E-state index in [4.69, 9.17) is 14.2 Å². The average molecular weight is 612 g/mol. The molecule has 1 N–H and O–H groups in total. The molecule has 1 amide bonds. The van der Waals surface area contributed by atoms with Gasteiger partial charge in [-0.3, -0.25) is 4.90 Å². The Labute approximate surface area is 243 Å². The molecule has 3 heterocycles. The molecule has 4 atom stereocenters. The molecule has 5 rings (SSSR count). The first kappa shape index (κ1) is 30.6. The number of rotatable bonds is 6. The summed E-state index contributed by atoms with van der Waals surface area (Å²) in [5.74, 6) is 1.30. The molecule has 1 saturated heterocycles. The summed E-state index contributed by atoms with van der Waals surface area (Å²) in [6, 6.07) is 0.393. The summed E-state index contributed by atoms with van der Waals surface area (Å²) in [7, 11) is 0. The molecule has 2 fully saturated rings. The zero-order valence-electron chi connectivity index (χ0n) is 23.9. The number of carbonyl (C=O) groups excluding carboxylic acids is 1.